The van der Waals surface area contributed by atoms with Gasteiger partial charge < -0.3 is 18.6 Å². The van der Waals surface area contributed by atoms with E-state index in [0.717, 1.165) is 16.8 Å². The normalized spacial score (nSPS) is 15.4. The molecule has 0 atom stereocenters. The third kappa shape index (κ3) is 6.98. The van der Waals surface area contributed by atoms with Crippen LogP contribution in [-0.2, 0) is 26.8 Å². The minimum absolute atomic E-state index is 0.142. The number of aromatic nitrogens is 1. The molecule has 1 aliphatic heterocycles. The fourth-order valence-electron chi connectivity index (χ4n) is 4.15. The van der Waals surface area contributed by atoms with Crippen molar-refractivity contribution >= 4 is 43.1 Å². The average Bonchev–Trinajstić information content (AvgIpc) is 3.35. The zero-order valence-electron chi connectivity index (χ0n) is 20.2. The predicted octanol–water partition coefficient (Wildman–Crippen LogP) is 3.47. The van der Waals surface area contributed by atoms with E-state index in [-0.39, 0.29) is 25.1 Å². The van der Waals surface area contributed by atoms with Gasteiger partial charge >= 0.3 is 5.89 Å². The summed E-state index contributed by atoms with van der Waals surface area (Å²) in [5, 5.41) is 0. The number of hydrogen-bond acceptors (Lipinski definition) is 8. The van der Waals surface area contributed by atoms with Gasteiger partial charge in [-0.2, -0.15) is 13.0 Å². The summed E-state index contributed by atoms with van der Waals surface area (Å²) in [6.45, 7) is 2.56. The fraction of sp³-hybridized carbons (Fsp3) is 0.320. The molecule has 0 bridgehead atoms. The largest absolute Gasteiger partial charge is 0.748 e. The molecule has 0 fully saturated rings. The van der Waals surface area contributed by atoms with E-state index in [9.17, 15) is 21.4 Å². The predicted molar refractivity (Wildman–Crippen MR) is 137 cm³/mol. The summed E-state index contributed by atoms with van der Waals surface area (Å²) >= 11 is 0. The molecule has 0 saturated carbocycles. The lowest BCUT2D eigenvalue weighted by atomic mass is 10.1. The molecule has 3 aromatic rings. The van der Waals surface area contributed by atoms with Gasteiger partial charge in [0.25, 0.3) is 15.6 Å². The van der Waals surface area contributed by atoms with E-state index in [0.29, 0.717) is 36.1 Å². The van der Waals surface area contributed by atoms with Gasteiger partial charge in [0.15, 0.2) is 12.3 Å². The zero-order chi connectivity index (χ0) is 26.6. The van der Waals surface area contributed by atoms with Gasteiger partial charge in [-0.3, -0.25) is 4.55 Å². The Bertz CT molecular complexity index is 1560. The monoisotopic (exact) mass is 548 g/mol. The van der Waals surface area contributed by atoms with Crippen molar-refractivity contribution in [1.82, 2.24) is 0 Å². The molecular formula is C25H28N2O8S2. The van der Waals surface area contributed by atoms with E-state index in [1.807, 2.05) is 77.1 Å². The lowest BCUT2D eigenvalue weighted by Crippen LogP contribution is -2.36. The van der Waals surface area contributed by atoms with Crippen LogP contribution in [0.15, 0.2) is 70.5 Å². The molecule has 0 unspecified atom stereocenters. The Morgan fingerprint density at radius 2 is 1.78 bits per heavy atom. The summed E-state index contributed by atoms with van der Waals surface area (Å²) in [6.07, 6.45) is 4.62. The maximum Gasteiger partial charge on any atom is 0.374 e. The van der Waals surface area contributed by atoms with Gasteiger partial charge in [0.1, 0.15) is 0 Å². The van der Waals surface area contributed by atoms with Crippen LogP contribution in [0, 0.1) is 0 Å². The van der Waals surface area contributed by atoms with Crippen molar-refractivity contribution in [3.63, 3.8) is 0 Å². The number of rotatable bonds is 11. The Labute approximate surface area is 216 Å². The van der Waals surface area contributed by atoms with Gasteiger partial charge in [0, 0.05) is 30.9 Å². The van der Waals surface area contributed by atoms with Crippen molar-refractivity contribution in [2.75, 3.05) is 23.0 Å². The van der Waals surface area contributed by atoms with Crippen LogP contribution in [0.3, 0.4) is 0 Å². The molecule has 2 aromatic carbocycles. The number of benzene rings is 2. The second kappa shape index (κ2) is 11.1. The lowest BCUT2D eigenvalue weighted by Gasteiger charge is -2.18. The van der Waals surface area contributed by atoms with E-state index in [1.54, 1.807) is 0 Å². The molecule has 198 valence electrons. The van der Waals surface area contributed by atoms with Gasteiger partial charge in [0.2, 0.25) is 11.5 Å². The second-order valence-corrected chi connectivity index (χ2v) is 11.7. The highest BCUT2D eigenvalue weighted by Crippen LogP contribution is 2.39. The molecule has 4 rings (SSSR count). The third-order valence-corrected chi connectivity index (χ3v) is 7.45. The maximum absolute atomic E-state index is 11.2. The fourth-order valence-corrected chi connectivity index (χ4v) is 5.13. The topological polar surface area (TPSA) is 141 Å². The molecule has 0 aliphatic carbocycles. The molecule has 2 heterocycles. The van der Waals surface area contributed by atoms with Crippen LogP contribution >= 0.6 is 0 Å². The molecule has 1 aliphatic rings. The van der Waals surface area contributed by atoms with Gasteiger partial charge in [-0.15, -0.1) is 0 Å². The maximum atomic E-state index is 11.2. The number of allylic oxidation sites excluding steroid dienone is 2. The molecule has 0 amide bonds. The van der Waals surface area contributed by atoms with Crippen LogP contribution in [-0.4, -0.2) is 44.0 Å². The van der Waals surface area contributed by atoms with Crippen molar-refractivity contribution in [3.8, 4) is 5.75 Å². The first-order valence-electron chi connectivity index (χ1n) is 11.8. The summed E-state index contributed by atoms with van der Waals surface area (Å²) in [7, 11) is -8.41. The number of fused-ring (bicyclic) bond motifs is 2. The minimum atomic E-state index is -4.33. The summed E-state index contributed by atoms with van der Waals surface area (Å²) < 4.78 is 78.8. The van der Waals surface area contributed by atoms with Crippen LogP contribution in [0.4, 0.5) is 5.69 Å². The van der Waals surface area contributed by atoms with E-state index in [1.165, 1.54) is 0 Å². The Balaban J connectivity index is 1.67. The van der Waals surface area contributed by atoms with Crippen LogP contribution in [0.1, 0.15) is 32.1 Å². The molecule has 0 radical (unpaired) electrons. The van der Waals surface area contributed by atoms with E-state index < -0.39 is 26.0 Å². The second-order valence-electron chi connectivity index (χ2n) is 8.59. The quantitative estimate of drug-likeness (QED) is 0.282. The van der Waals surface area contributed by atoms with E-state index in [4.69, 9.17) is 13.7 Å². The number of aryl methyl sites for hydroxylation is 1. The van der Waals surface area contributed by atoms with Crippen LogP contribution < -0.4 is 14.2 Å². The third-order valence-electron chi connectivity index (χ3n) is 5.86. The van der Waals surface area contributed by atoms with Gasteiger partial charge in [-0.25, -0.2) is 8.42 Å². The highest BCUT2D eigenvalue weighted by molar-refractivity contribution is 7.85. The first-order valence-corrected chi connectivity index (χ1v) is 15.0. The van der Waals surface area contributed by atoms with Crippen molar-refractivity contribution in [1.29, 1.82) is 0 Å². The summed E-state index contributed by atoms with van der Waals surface area (Å²) in [4.78, 5) is 1.86. The molecule has 0 spiro atoms. The number of oxazole rings is 1. The van der Waals surface area contributed by atoms with Crippen LogP contribution in [0.5, 0.6) is 5.75 Å². The van der Waals surface area contributed by atoms with Crippen molar-refractivity contribution in [2.45, 2.75) is 32.7 Å². The van der Waals surface area contributed by atoms with Crippen LogP contribution in [0.25, 0.3) is 17.2 Å². The molecule has 12 heteroatoms. The van der Waals surface area contributed by atoms with E-state index >= 15 is 0 Å². The van der Waals surface area contributed by atoms with Gasteiger partial charge in [-0.1, -0.05) is 31.2 Å². The highest BCUT2D eigenvalue weighted by atomic mass is 32.2. The highest BCUT2D eigenvalue weighted by Gasteiger charge is 2.27. The zero-order valence-corrected chi connectivity index (χ0v) is 21.9. The number of ether oxygens (including phenoxy) is 1. The number of para-hydroxylation sites is 4. The summed E-state index contributed by atoms with van der Waals surface area (Å²) in [6, 6.07) is 14.7. The first-order chi connectivity index (χ1) is 17.5. The molecule has 37 heavy (non-hydrogen) atoms. The van der Waals surface area contributed by atoms with Crippen molar-refractivity contribution in [3.05, 3.63) is 72.0 Å². The lowest BCUT2D eigenvalue weighted by molar-refractivity contribution is -0.677. The van der Waals surface area contributed by atoms with Crippen molar-refractivity contribution in [2.24, 2.45) is 0 Å². The number of anilines is 1. The molecule has 1 N–H and O–H groups in total. The van der Waals surface area contributed by atoms with Gasteiger partial charge in [-0.05, 0) is 36.6 Å². The minimum Gasteiger partial charge on any atom is -0.748 e. The van der Waals surface area contributed by atoms with Crippen molar-refractivity contribution < 1.29 is 39.7 Å². The molecular weight excluding hydrogens is 520 g/mol. The smallest absolute Gasteiger partial charge is 0.374 e. The summed E-state index contributed by atoms with van der Waals surface area (Å²) in [5.74, 6) is 0.788. The molecule has 0 saturated heterocycles. The standard InChI is InChI=1S/C25H28N2O8S2/c1-2-19(17-24-26(13-7-15-36(28,29)30)20-9-3-5-11-22(20)34-24)18-25-27(14-8-16-37(31,32)33)21-10-4-6-12-23(21)35-25/h3-6,9-12,17-18H,2,7-8,13-16H2,1H3,(H-,28,29,30,31,32,33). The number of nitrogens with zero attached hydrogens (tertiary/aromatic N) is 2. The van der Waals surface area contributed by atoms with E-state index in [2.05, 4.69) is 0 Å². The SMILES string of the molecule is CCC(=C\c1oc2ccccc2[n+]1CCCS(=O)(=O)[O-])/C=C1/Oc2ccccc2N1CCCS(=O)(=O)O. The first kappa shape index (κ1) is 26.9. The Morgan fingerprint density at radius 3 is 2.51 bits per heavy atom. The Kier molecular flexibility index (Phi) is 8.02. The van der Waals surface area contributed by atoms with Gasteiger partial charge in [0.05, 0.1) is 27.6 Å². The Morgan fingerprint density at radius 1 is 1.05 bits per heavy atom. The molecule has 1 aromatic heterocycles. The molecule has 10 nitrogen and oxygen atoms in total. The Hall–Kier alpha value is -3.19. The average molecular weight is 549 g/mol. The summed E-state index contributed by atoms with van der Waals surface area (Å²) in [5.41, 5.74) is 3.03. The van der Waals surface area contributed by atoms with Crippen LogP contribution in [0.2, 0.25) is 0 Å². The number of hydrogen-bond donors (Lipinski definition) is 1.